The highest BCUT2D eigenvalue weighted by Gasteiger charge is 2.39. The number of Topliss-reactive ketones (excluding diaryl/α,β-unsaturated/α-hetero) is 1. The number of nitrogens with zero attached hydrogens (tertiary/aromatic N) is 1. The molecular weight excluding hydrogens is 262 g/mol. The number of allylic oxidation sites excluding steroid dienone is 1. The van der Waals surface area contributed by atoms with Crippen molar-refractivity contribution in [1.29, 1.82) is 0 Å². The molecule has 2 atom stereocenters. The lowest BCUT2D eigenvalue weighted by molar-refractivity contribution is -0.0702. The van der Waals surface area contributed by atoms with Crippen molar-refractivity contribution in [2.24, 2.45) is 5.92 Å². The van der Waals surface area contributed by atoms with Crippen molar-refractivity contribution >= 4 is 11.4 Å². The molecule has 1 aromatic rings. The molecule has 3 heteroatoms. The number of hydrogen-bond acceptors (Lipinski definition) is 3. The minimum absolute atomic E-state index is 0.135. The number of rotatable bonds is 3. The van der Waals surface area contributed by atoms with E-state index < -0.39 is 0 Å². The van der Waals surface area contributed by atoms with Crippen LogP contribution in [0.5, 0.6) is 0 Å². The lowest BCUT2D eigenvalue weighted by Crippen LogP contribution is -2.55. The number of carbonyl (C=O) groups excluding carboxylic acids is 1. The number of carbonyl (C=O) groups is 1. The molecule has 0 aliphatic carbocycles. The first-order chi connectivity index (χ1) is 10.1. The molecule has 2 bridgehead atoms. The minimum atomic E-state index is 0.135. The molecule has 2 fully saturated rings. The van der Waals surface area contributed by atoms with Gasteiger partial charge in [-0.3, -0.25) is 9.69 Å². The Balaban J connectivity index is 1.75. The fourth-order valence-electron chi connectivity index (χ4n) is 3.46. The van der Waals surface area contributed by atoms with Gasteiger partial charge in [-0.2, -0.15) is 0 Å². The molecule has 0 amide bonds. The van der Waals surface area contributed by atoms with Crippen LogP contribution in [0.1, 0.15) is 35.7 Å². The van der Waals surface area contributed by atoms with E-state index in [1.165, 1.54) is 0 Å². The predicted octanol–water partition coefficient (Wildman–Crippen LogP) is 3.01. The van der Waals surface area contributed by atoms with Gasteiger partial charge in [0, 0.05) is 23.6 Å². The average molecular weight is 285 g/mol. The first-order valence-corrected chi connectivity index (χ1v) is 7.66. The lowest BCUT2D eigenvalue weighted by Gasteiger charge is -2.46. The summed E-state index contributed by atoms with van der Waals surface area (Å²) in [4.78, 5) is 15.1. The highest BCUT2D eigenvalue weighted by Crippen LogP contribution is 2.32. The van der Waals surface area contributed by atoms with Crippen LogP contribution in [0.4, 0.5) is 0 Å². The molecule has 2 aliphatic heterocycles. The Kier molecular flexibility index (Phi) is 3.96. The molecule has 112 valence electrons. The van der Waals surface area contributed by atoms with Gasteiger partial charge in [0.2, 0.25) is 0 Å². The Morgan fingerprint density at radius 1 is 1.14 bits per heavy atom. The fraction of sp³-hybridized carbons (Fsp3) is 0.500. The van der Waals surface area contributed by atoms with Crippen LogP contribution in [0.3, 0.4) is 0 Å². The third-order valence-corrected chi connectivity index (χ3v) is 4.92. The zero-order chi connectivity index (χ0) is 15.0. The molecule has 2 heterocycles. The van der Waals surface area contributed by atoms with Gasteiger partial charge >= 0.3 is 0 Å². The molecule has 2 unspecified atom stereocenters. The predicted molar refractivity (Wildman–Crippen MR) is 84.4 cm³/mol. The molecule has 21 heavy (non-hydrogen) atoms. The van der Waals surface area contributed by atoms with E-state index in [-0.39, 0.29) is 11.7 Å². The van der Waals surface area contributed by atoms with Crippen molar-refractivity contribution in [3.63, 3.8) is 0 Å². The van der Waals surface area contributed by atoms with E-state index in [0.717, 1.165) is 42.8 Å². The quantitative estimate of drug-likeness (QED) is 0.800. The lowest BCUT2D eigenvalue weighted by atomic mass is 9.81. The first-order valence-electron chi connectivity index (χ1n) is 7.66. The zero-order valence-corrected chi connectivity index (χ0v) is 12.8. The van der Waals surface area contributed by atoms with Crippen molar-refractivity contribution in [3.05, 3.63) is 42.0 Å². The third kappa shape index (κ3) is 2.81. The van der Waals surface area contributed by atoms with Crippen LogP contribution < -0.4 is 0 Å². The van der Waals surface area contributed by atoms with Gasteiger partial charge in [-0.1, -0.05) is 36.4 Å². The maximum atomic E-state index is 12.7. The van der Waals surface area contributed by atoms with E-state index in [1.54, 1.807) is 0 Å². The largest absolute Gasteiger partial charge is 0.378 e. The van der Waals surface area contributed by atoms with E-state index in [9.17, 15) is 4.79 Å². The summed E-state index contributed by atoms with van der Waals surface area (Å²) < 4.78 is 5.62. The Morgan fingerprint density at radius 3 is 2.19 bits per heavy atom. The van der Waals surface area contributed by atoms with Crippen LogP contribution in [0, 0.1) is 5.92 Å². The smallest absolute Gasteiger partial charge is 0.166 e. The molecule has 2 saturated heterocycles. The normalized spacial score (nSPS) is 29.1. The van der Waals surface area contributed by atoms with Gasteiger partial charge in [0.05, 0.1) is 13.2 Å². The summed E-state index contributed by atoms with van der Waals surface area (Å²) in [5.41, 5.74) is 2.95. The summed E-state index contributed by atoms with van der Waals surface area (Å²) in [5.74, 6) is 0.420. The van der Waals surface area contributed by atoms with Gasteiger partial charge in [-0.25, -0.2) is 0 Å². The number of piperidine rings is 1. The number of morpholine rings is 1. The number of ether oxygens (including phenoxy) is 1. The van der Waals surface area contributed by atoms with Crippen LogP contribution in [-0.2, 0) is 4.74 Å². The topological polar surface area (TPSA) is 29.5 Å². The minimum Gasteiger partial charge on any atom is -0.378 e. The standard InChI is InChI=1S/C18H23NO2/c1-12(2)13-4-6-14(7-5-13)18(20)15-8-16-10-21-11-17(9-15)19(16)3/h4-7,15-17H,1,8-11H2,2-3H3. The summed E-state index contributed by atoms with van der Waals surface area (Å²) in [5, 5.41) is 0. The summed E-state index contributed by atoms with van der Waals surface area (Å²) >= 11 is 0. The van der Waals surface area contributed by atoms with Gasteiger partial charge < -0.3 is 4.74 Å². The molecular formula is C18H23NO2. The molecule has 3 rings (SSSR count). The van der Waals surface area contributed by atoms with Crippen molar-refractivity contribution in [1.82, 2.24) is 4.90 Å². The molecule has 2 aliphatic rings. The average Bonchev–Trinajstić information content (AvgIpc) is 2.46. The molecule has 0 aromatic heterocycles. The fourth-order valence-corrected chi connectivity index (χ4v) is 3.46. The van der Waals surface area contributed by atoms with E-state index in [4.69, 9.17) is 4.74 Å². The van der Waals surface area contributed by atoms with Gasteiger partial charge in [-0.15, -0.1) is 0 Å². The number of likely N-dealkylation sites (N-methyl/N-ethyl adjacent to an activating group) is 1. The summed E-state index contributed by atoms with van der Waals surface area (Å²) in [6.45, 7) is 7.42. The number of fused-ring (bicyclic) bond motifs is 2. The van der Waals surface area contributed by atoms with Crippen LogP contribution >= 0.6 is 0 Å². The van der Waals surface area contributed by atoms with E-state index >= 15 is 0 Å². The van der Waals surface area contributed by atoms with Crippen molar-refractivity contribution in [2.45, 2.75) is 31.8 Å². The SMILES string of the molecule is C=C(C)c1ccc(C(=O)C2CC3COCC(C2)N3C)cc1. The van der Waals surface area contributed by atoms with Gasteiger partial charge in [-0.05, 0) is 32.4 Å². The second-order valence-corrected chi connectivity index (χ2v) is 6.40. The molecule has 0 N–H and O–H groups in total. The van der Waals surface area contributed by atoms with Gasteiger partial charge in [0.1, 0.15) is 0 Å². The summed E-state index contributed by atoms with van der Waals surface area (Å²) in [6.07, 6.45) is 1.82. The second-order valence-electron chi connectivity index (χ2n) is 6.40. The summed E-state index contributed by atoms with van der Waals surface area (Å²) in [6, 6.07) is 8.65. The van der Waals surface area contributed by atoms with Crippen molar-refractivity contribution in [3.8, 4) is 0 Å². The number of ketones is 1. The van der Waals surface area contributed by atoms with Crippen LogP contribution in [0.25, 0.3) is 5.57 Å². The zero-order valence-electron chi connectivity index (χ0n) is 12.8. The highest BCUT2D eigenvalue weighted by atomic mass is 16.5. The molecule has 0 radical (unpaired) electrons. The van der Waals surface area contributed by atoms with Crippen LogP contribution in [0.15, 0.2) is 30.8 Å². The molecule has 0 spiro atoms. The maximum absolute atomic E-state index is 12.7. The maximum Gasteiger partial charge on any atom is 0.166 e. The van der Waals surface area contributed by atoms with Crippen molar-refractivity contribution in [2.75, 3.05) is 20.3 Å². The van der Waals surface area contributed by atoms with Crippen molar-refractivity contribution < 1.29 is 9.53 Å². The van der Waals surface area contributed by atoms with Crippen LogP contribution in [-0.4, -0.2) is 43.0 Å². The second kappa shape index (κ2) is 5.74. The Hall–Kier alpha value is -1.45. The van der Waals surface area contributed by atoms with E-state index in [2.05, 4.69) is 18.5 Å². The van der Waals surface area contributed by atoms with E-state index in [1.807, 2.05) is 31.2 Å². The van der Waals surface area contributed by atoms with E-state index in [0.29, 0.717) is 12.1 Å². The Bertz CT molecular complexity index is 535. The van der Waals surface area contributed by atoms with Gasteiger partial charge in [0.15, 0.2) is 5.78 Å². The highest BCUT2D eigenvalue weighted by molar-refractivity contribution is 5.98. The van der Waals surface area contributed by atoms with Gasteiger partial charge in [0.25, 0.3) is 0 Å². The third-order valence-electron chi connectivity index (χ3n) is 4.92. The number of benzene rings is 1. The summed E-state index contributed by atoms with van der Waals surface area (Å²) in [7, 11) is 2.15. The molecule has 0 saturated carbocycles. The Morgan fingerprint density at radius 2 is 1.67 bits per heavy atom. The van der Waals surface area contributed by atoms with Crippen LogP contribution in [0.2, 0.25) is 0 Å². The number of hydrogen-bond donors (Lipinski definition) is 0. The molecule has 3 nitrogen and oxygen atoms in total. The first kappa shape index (κ1) is 14.5. The molecule has 1 aromatic carbocycles. The monoisotopic (exact) mass is 285 g/mol. The Labute approximate surface area is 126 Å².